The molecule has 2 saturated heterocycles. The van der Waals surface area contributed by atoms with Crippen LogP contribution in [0.1, 0.15) is 46.5 Å². The number of nitrogens with zero attached hydrogens (tertiary/aromatic N) is 1. The SMILES string of the molecule is CCCC12CC(CN3C[C@]31C)[C@H](C)C2. The zero-order valence-corrected chi connectivity index (χ0v) is 9.84. The first-order chi connectivity index (χ1) is 6.61. The summed E-state index contributed by atoms with van der Waals surface area (Å²) in [6.07, 6.45) is 5.90. The van der Waals surface area contributed by atoms with Crippen LogP contribution in [0.2, 0.25) is 0 Å². The van der Waals surface area contributed by atoms with E-state index in [1.54, 1.807) is 0 Å². The van der Waals surface area contributed by atoms with E-state index in [0.717, 1.165) is 11.8 Å². The molecule has 2 heterocycles. The largest absolute Gasteiger partial charge is 0.294 e. The smallest absolute Gasteiger partial charge is 0.0365 e. The lowest BCUT2D eigenvalue weighted by molar-refractivity contribution is 0.111. The molecule has 1 nitrogen and oxygen atoms in total. The standard InChI is InChI=1S/C13H23N/c1-4-5-13-6-10(2)11(7-13)8-14-9-12(13,14)3/h10-11H,4-9H2,1-3H3/t10-,11?,12+,13?,14?/m1/s1. The first-order valence-electron chi connectivity index (χ1n) is 6.36. The van der Waals surface area contributed by atoms with Crippen molar-refractivity contribution in [1.82, 2.24) is 4.90 Å². The van der Waals surface area contributed by atoms with Crippen molar-refractivity contribution in [2.75, 3.05) is 13.1 Å². The predicted octanol–water partition coefficient (Wildman–Crippen LogP) is 2.91. The van der Waals surface area contributed by atoms with Gasteiger partial charge in [0.05, 0.1) is 0 Å². The van der Waals surface area contributed by atoms with E-state index in [9.17, 15) is 0 Å². The molecule has 2 bridgehead atoms. The Bertz CT molecular complexity index is 258. The third kappa shape index (κ3) is 0.900. The maximum absolute atomic E-state index is 2.75. The van der Waals surface area contributed by atoms with Crippen molar-refractivity contribution in [3.05, 3.63) is 0 Å². The van der Waals surface area contributed by atoms with Gasteiger partial charge in [0.2, 0.25) is 0 Å². The Kier molecular flexibility index (Phi) is 1.68. The van der Waals surface area contributed by atoms with Crippen LogP contribution in [0, 0.1) is 17.3 Å². The van der Waals surface area contributed by atoms with E-state index in [1.807, 2.05) is 0 Å². The quantitative estimate of drug-likeness (QED) is 0.609. The van der Waals surface area contributed by atoms with Crippen molar-refractivity contribution in [3.8, 4) is 0 Å². The highest BCUT2D eigenvalue weighted by Gasteiger charge is 2.68. The lowest BCUT2D eigenvalue weighted by Gasteiger charge is -2.40. The van der Waals surface area contributed by atoms with Gasteiger partial charge in [0.1, 0.15) is 0 Å². The van der Waals surface area contributed by atoms with Crippen LogP contribution in [0.3, 0.4) is 0 Å². The Labute approximate surface area is 87.9 Å². The zero-order valence-electron chi connectivity index (χ0n) is 9.84. The number of rotatable bonds is 2. The van der Waals surface area contributed by atoms with Gasteiger partial charge in [-0.3, -0.25) is 4.90 Å². The molecule has 0 N–H and O–H groups in total. The summed E-state index contributed by atoms with van der Waals surface area (Å²) in [6, 6.07) is 0. The molecule has 0 radical (unpaired) electrons. The molecule has 1 aliphatic carbocycles. The van der Waals surface area contributed by atoms with Crippen LogP contribution in [-0.2, 0) is 0 Å². The van der Waals surface area contributed by atoms with Gasteiger partial charge < -0.3 is 0 Å². The number of hydrogen-bond donors (Lipinski definition) is 0. The molecular formula is C13H23N. The number of fused-ring (bicyclic) bond motifs is 4. The van der Waals surface area contributed by atoms with Crippen molar-refractivity contribution in [2.24, 2.45) is 17.3 Å². The number of hydrogen-bond acceptors (Lipinski definition) is 1. The van der Waals surface area contributed by atoms with Crippen LogP contribution in [0.25, 0.3) is 0 Å². The van der Waals surface area contributed by atoms with Crippen LogP contribution >= 0.6 is 0 Å². The second-order valence-electron chi connectivity index (χ2n) is 6.33. The maximum atomic E-state index is 2.75. The monoisotopic (exact) mass is 193 g/mol. The Hall–Kier alpha value is -0.0400. The van der Waals surface area contributed by atoms with E-state index >= 15 is 0 Å². The summed E-state index contributed by atoms with van der Waals surface area (Å²) < 4.78 is 0. The highest BCUT2D eigenvalue weighted by Crippen LogP contribution is 2.65. The molecule has 3 fully saturated rings. The summed E-state index contributed by atoms with van der Waals surface area (Å²) in [5, 5.41) is 0. The fraction of sp³-hybridized carbons (Fsp3) is 1.00. The Morgan fingerprint density at radius 2 is 2.14 bits per heavy atom. The highest BCUT2D eigenvalue weighted by molar-refractivity contribution is 5.22. The summed E-state index contributed by atoms with van der Waals surface area (Å²) in [4.78, 5) is 2.75. The molecule has 14 heavy (non-hydrogen) atoms. The molecule has 3 rings (SSSR count). The van der Waals surface area contributed by atoms with Gasteiger partial charge >= 0.3 is 0 Å². The van der Waals surface area contributed by atoms with Gasteiger partial charge in [-0.25, -0.2) is 0 Å². The van der Waals surface area contributed by atoms with Crippen molar-refractivity contribution in [2.45, 2.75) is 52.0 Å². The first kappa shape index (κ1) is 9.21. The van der Waals surface area contributed by atoms with Crippen molar-refractivity contribution < 1.29 is 0 Å². The molecule has 2 aliphatic heterocycles. The first-order valence-corrected chi connectivity index (χ1v) is 6.36. The van der Waals surface area contributed by atoms with Gasteiger partial charge in [0, 0.05) is 18.6 Å². The van der Waals surface area contributed by atoms with Gasteiger partial charge in [0.25, 0.3) is 0 Å². The van der Waals surface area contributed by atoms with Gasteiger partial charge in [-0.05, 0) is 43.4 Å². The predicted molar refractivity (Wildman–Crippen MR) is 59.2 cm³/mol. The molecule has 1 heteroatoms. The van der Waals surface area contributed by atoms with Crippen LogP contribution in [0.4, 0.5) is 0 Å². The van der Waals surface area contributed by atoms with Gasteiger partial charge in [-0.1, -0.05) is 20.3 Å². The second kappa shape index (κ2) is 2.55. The molecule has 0 aromatic rings. The normalized spacial score (nSPS) is 59.8. The molecule has 0 aromatic carbocycles. The fourth-order valence-corrected chi connectivity index (χ4v) is 4.59. The van der Waals surface area contributed by atoms with Crippen LogP contribution in [0.5, 0.6) is 0 Å². The zero-order chi connectivity index (χ0) is 9.97. The molecule has 1 saturated carbocycles. The minimum absolute atomic E-state index is 0.615. The summed E-state index contributed by atoms with van der Waals surface area (Å²) in [6.45, 7) is 10.2. The topological polar surface area (TPSA) is 3.01 Å². The minimum atomic E-state index is 0.615. The van der Waals surface area contributed by atoms with Gasteiger partial charge in [-0.2, -0.15) is 0 Å². The molecular weight excluding hydrogens is 170 g/mol. The van der Waals surface area contributed by atoms with Crippen molar-refractivity contribution in [3.63, 3.8) is 0 Å². The molecule has 0 aromatic heterocycles. The molecule has 5 atom stereocenters. The second-order valence-corrected chi connectivity index (χ2v) is 6.33. The lowest BCUT2D eigenvalue weighted by Crippen LogP contribution is -2.41. The number of piperidine rings is 1. The van der Waals surface area contributed by atoms with Crippen molar-refractivity contribution >= 4 is 0 Å². The highest BCUT2D eigenvalue weighted by atomic mass is 15.4. The Morgan fingerprint density at radius 3 is 2.86 bits per heavy atom. The summed E-state index contributed by atoms with van der Waals surface area (Å²) in [7, 11) is 0. The average Bonchev–Trinajstić information content (AvgIpc) is 2.69. The summed E-state index contributed by atoms with van der Waals surface area (Å²) in [5.41, 5.74) is 1.33. The molecule has 0 amide bonds. The molecule has 3 unspecified atom stereocenters. The van der Waals surface area contributed by atoms with E-state index in [1.165, 1.54) is 38.8 Å². The summed E-state index contributed by atoms with van der Waals surface area (Å²) >= 11 is 0. The van der Waals surface area contributed by atoms with E-state index in [4.69, 9.17) is 0 Å². The molecule has 0 spiro atoms. The molecule has 3 aliphatic rings. The Balaban J connectivity index is 1.93. The van der Waals surface area contributed by atoms with Crippen LogP contribution < -0.4 is 0 Å². The molecule has 80 valence electrons. The van der Waals surface area contributed by atoms with E-state index in [0.29, 0.717) is 11.0 Å². The van der Waals surface area contributed by atoms with Gasteiger partial charge in [0.15, 0.2) is 0 Å². The van der Waals surface area contributed by atoms with E-state index in [-0.39, 0.29) is 0 Å². The van der Waals surface area contributed by atoms with Crippen LogP contribution in [0.15, 0.2) is 0 Å². The van der Waals surface area contributed by atoms with Gasteiger partial charge in [-0.15, -0.1) is 0 Å². The summed E-state index contributed by atoms with van der Waals surface area (Å²) in [5.74, 6) is 2.02. The fourth-order valence-electron chi connectivity index (χ4n) is 4.59. The minimum Gasteiger partial charge on any atom is -0.294 e. The lowest BCUT2D eigenvalue weighted by atomic mass is 9.69. The third-order valence-electron chi connectivity index (χ3n) is 5.59. The van der Waals surface area contributed by atoms with Crippen molar-refractivity contribution in [1.29, 1.82) is 0 Å². The maximum Gasteiger partial charge on any atom is 0.0365 e. The van der Waals surface area contributed by atoms with E-state index in [2.05, 4.69) is 25.7 Å². The average molecular weight is 193 g/mol. The Morgan fingerprint density at radius 1 is 1.36 bits per heavy atom. The third-order valence-corrected chi connectivity index (χ3v) is 5.59. The van der Waals surface area contributed by atoms with Crippen LogP contribution in [-0.4, -0.2) is 23.5 Å². The van der Waals surface area contributed by atoms with E-state index < -0.39 is 0 Å².